The Morgan fingerprint density at radius 1 is 1.11 bits per heavy atom. The molecule has 0 aliphatic rings. The van der Waals surface area contributed by atoms with Crippen molar-refractivity contribution >= 4 is 11.9 Å². The van der Waals surface area contributed by atoms with Crippen LogP contribution in [0.25, 0.3) is 0 Å². The van der Waals surface area contributed by atoms with Crippen LogP contribution < -0.4 is 5.43 Å². The van der Waals surface area contributed by atoms with Crippen LogP contribution in [0.2, 0.25) is 0 Å². The van der Waals surface area contributed by atoms with E-state index in [1.54, 1.807) is 12.1 Å². The smallest absolute Gasteiger partial charge is 0.418 e. The maximum Gasteiger partial charge on any atom is 0.418 e. The third-order valence-electron chi connectivity index (χ3n) is 2.15. The van der Waals surface area contributed by atoms with Crippen molar-refractivity contribution in [1.29, 1.82) is 0 Å². The van der Waals surface area contributed by atoms with Crippen molar-refractivity contribution in [2.75, 3.05) is 5.43 Å². The number of nitrogens with one attached hydrogen (secondary N) is 1. The summed E-state index contributed by atoms with van der Waals surface area (Å²) in [7, 11) is 0. The van der Waals surface area contributed by atoms with Crippen molar-refractivity contribution in [2.24, 2.45) is 5.10 Å². The molecular weight excluding hydrogens is 245 g/mol. The minimum Gasteiger partial charge on any atom is -0.463 e. The van der Waals surface area contributed by atoms with Gasteiger partial charge >= 0.3 is 6.18 Å². The average Bonchev–Trinajstić information content (AvgIpc) is 2.81. The minimum atomic E-state index is -4.41. The molecule has 0 spiro atoms. The fourth-order valence-electron chi connectivity index (χ4n) is 1.36. The van der Waals surface area contributed by atoms with Crippen LogP contribution in [0.1, 0.15) is 11.3 Å². The number of hydrazone groups is 1. The van der Waals surface area contributed by atoms with Gasteiger partial charge in [0.2, 0.25) is 0 Å². The fraction of sp³-hybridized carbons (Fsp3) is 0.0833. The first kappa shape index (κ1) is 12.2. The molecule has 2 rings (SSSR count). The molecule has 0 aliphatic carbocycles. The third kappa shape index (κ3) is 2.91. The molecule has 0 aliphatic heterocycles. The van der Waals surface area contributed by atoms with Crippen LogP contribution in [0.4, 0.5) is 18.9 Å². The molecule has 1 aromatic carbocycles. The molecule has 0 saturated heterocycles. The number of hydrogen-bond donors (Lipinski definition) is 1. The monoisotopic (exact) mass is 254 g/mol. The zero-order valence-electron chi connectivity index (χ0n) is 9.11. The highest BCUT2D eigenvalue weighted by molar-refractivity contribution is 5.76. The van der Waals surface area contributed by atoms with Gasteiger partial charge in [0.05, 0.1) is 23.7 Å². The molecule has 0 fully saturated rings. The molecule has 0 unspecified atom stereocenters. The van der Waals surface area contributed by atoms with E-state index in [4.69, 9.17) is 4.42 Å². The van der Waals surface area contributed by atoms with Crippen LogP contribution in [0, 0.1) is 0 Å². The molecule has 2 aromatic rings. The maximum absolute atomic E-state index is 12.6. The number of anilines is 1. The summed E-state index contributed by atoms with van der Waals surface area (Å²) in [5.41, 5.74) is 1.48. The molecule has 0 amide bonds. The number of halogens is 3. The first-order chi connectivity index (χ1) is 8.57. The molecule has 6 heteroatoms. The van der Waals surface area contributed by atoms with Gasteiger partial charge in [-0.1, -0.05) is 12.1 Å². The lowest BCUT2D eigenvalue weighted by molar-refractivity contribution is -0.136. The Balaban J connectivity index is 2.15. The summed E-state index contributed by atoms with van der Waals surface area (Å²) in [5.74, 6) is 0.451. The predicted octanol–water partition coefficient (Wildman–Crippen LogP) is 3.74. The Bertz CT molecular complexity index is 533. The van der Waals surface area contributed by atoms with Crippen molar-refractivity contribution in [3.8, 4) is 0 Å². The summed E-state index contributed by atoms with van der Waals surface area (Å²) in [6.07, 6.45) is -1.66. The van der Waals surface area contributed by atoms with E-state index in [0.717, 1.165) is 6.07 Å². The second-order valence-corrected chi connectivity index (χ2v) is 3.43. The molecular formula is C12H9F3N2O. The van der Waals surface area contributed by atoms with Gasteiger partial charge in [-0.05, 0) is 24.3 Å². The second-order valence-electron chi connectivity index (χ2n) is 3.43. The van der Waals surface area contributed by atoms with Gasteiger partial charge in [-0.2, -0.15) is 18.3 Å². The van der Waals surface area contributed by atoms with E-state index in [-0.39, 0.29) is 5.69 Å². The second kappa shape index (κ2) is 4.95. The topological polar surface area (TPSA) is 37.5 Å². The van der Waals surface area contributed by atoms with Crippen LogP contribution >= 0.6 is 0 Å². The maximum atomic E-state index is 12.6. The molecule has 18 heavy (non-hydrogen) atoms. The summed E-state index contributed by atoms with van der Waals surface area (Å²) in [5, 5.41) is 3.69. The van der Waals surface area contributed by atoms with Gasteiger partial charge in [-0.15, -0.1) is 0 Å². The SMILES string of the molecule is FC(F)(F)c1ccccc1N/N=C/c1ccco1. The summed E-state index contributed by atoms with van der Waals surface area (Å²) in [6.45, 7) is 0. The standard InChI is InChI=1S/C12H9F3N2O/c13-12(14,15)10-5-1-2-6-11(10)17-16-8-9-4-3-7-18-9/h1-8,17H/b16-8+. The molecule has 1 aromatic heterocycles. The number of benzene rings is 1. The van der Waals surface area contributed by atoms with Crippen molar-refractivity contribution in [3.63, 3.8) is 0 Å². The highest BCUT2D eigenvalue weighted by Crippen LogP contribution is 2.34. The van der Waals surface area contributed by atoms with Gasteiger partial charge in [0.15, 0.2) is 0 Å². The minimum absolute atomic E-state index is 0.104. The number of alkyl halides is 3. The molecule has 1 N–H and O–H groups in total. The third-order valence-corrected chi connectivity index (χ3v) is 2.15. The zero-order valence-corrected chi connectivity index (χ0v) is 9.11. The van der Waals surface area contributed by atoms with E-state index in [9.17, 15) is 13.2 Å². The van der Waals surface area contributed by atoms with Crippen LogP contribution in [-0.4, -0.2) is 6.21 Å². The predicted molar refractivity (Wildman–Crippen MR) is 61.4 cm³/mol. The van der Waals surface area contributed by atoms with E-state index in [1.165, 1.54) is 30.7 Å². The lowest BCUT2D eigenvalue weighted by Gasteiger charge is -2.11. The first-order valence-corrected chi connectivity index (χ1v) is 5.06. The van der Waals surface area contributed by atoms with Gasteiger partial charge in [-0.3, -0.25) is 5.43 Å². The zero-order chi connectivity index (χ0) is 13.0. The quantitative estimate of drug-likeness (QED) is 0.669. The van der Waals surface area contributed by atoms with E-state index in [2.05, 4.69) is 10.5 Å². The van der Waals surface area contributed by atoms with E-state index >= 15 is 0 Å². The Kier molecular flexibility index (Phi) is 3.36. The van der Waals surface area contributed by atoms with E-state index in [1.807, 2.05) is 0 Å². The fourth-order valence-corrected chi connectivity index (χ4v) is 1.36. The molecule has 3 nitrogen and oxygen atoms in total. The number of hydrogen-bond acceptors (Lipinski definition) is 3. The molecule has 1 heterocycles. The van der Waals surface area contributed by atoms with Gasteiger partial charge < -0.3 is 4.42 Å². The number of furan rings is 1. The summed E-state index contributed by atoms with van der Waals surface area (Å²) in [4.78, 5) is 0. The lowest BCUT2D eigenvalue weighted by Crippen LogP contribution is -2.08. The van der Waals surface area contributed by atoms with Crippen LogP contribution in [0.3, 0.4) is 0 Å². The Labute approximate surface area is 101 Å². The highest BCUT2D eigenvalue weighted by atomic mass is 19.4. The Morgan fingerprint density at radius 2 is 1.89 bits per heavy atom. The normalized spacial score (nSPS) is 11.9. The van der Waals surface area contributed by atoms with Crippen LogP contribution in [-0.2, 0) is 6.18 Å². The molecule has 0 saturated carbocycles. The number of rotatable bonds is 3. The molecule has 0 atom stereocenters. The van der Waals surface area contributed by atoms with Crippen molar-refractivity contribution in [2.45, 2.75) is 6.18 Å². The molecule has 94 valence electrons. The van der Waals surface area contributed by atoms with Gasteiger partial charge in [0.1, 0.15) is 5.76 Å². The van der Waals surface area contributed by atoms with E-state index in [0.29, 0.717) is 5.76 Å². The van der Waals surface area contributed by atoms with Gasteiger partial charge in [0, 0.05) is 0 Å². The lowest BCUT2D eigenvalue weighted by atomic mass is 10.2. The summed E-state index contributed by atoms with van der Waals surface area (Å²) < 4.78 is 42.9. The largest absolute Gasteiger partial charge is 0.463 e. The number of nitrogens with zero attached hydrogens (tertiary/aromatic N) is 1. The van der Waals surface area contributed by atoms with Crippen molar-refractivity contribution in [1.82, 2.24) is 0 Å². The van der Waals surface area contributed by atoms with Crippen LogP contribution in [0.5, 0.6) is 0 Å². The Morgan fingerprint density at radius 3 is 2.56 bits per heavy atom. The molecule has 0 radical (unpaired) electrons. The Hall–Kier alpha value is -2.24. The number of para-hydroxylation sites is 1. The van der Waals surface area contributed by atoms with Gasteiger partial charge in [0.25, 0.3) is 0 Å². The molecule has 0 bridgehead atoms. The summed E-state index contributed by atoms with van der Waals surface area (Å²) >= 11 is 0. The van der Waals surface area contributed by atoms with E-state index < -0.39 is 11.7 Å². The average molecular weight is 254 g/mol. The van der Waals surface area contributed by atoms with Gasteiger partial charge in [-0.25, -0.2) is 0 Å². The highest BCUT2D eigenvalue weighted by Gasteiger charge is 2.33. The first-order valence-electron chi connectivity index (χ1n) is 5.06. The van der Waals surface area contributed by atoms with Crippen molar-refractivity contribution < 1.29 is 17.6 Å². The summed E-state index contributed by atoms with van der Waals surface area (Å²) in [6, 6.07) is 8.42. The van der Waals surface area contributed by atoms with Crippen LogP contribution in [0.15, 0.2) is 52.2 Å². The van der Waals surface area contributed by atoms with Crippen molar-refractivity contribution in [3.05, 3.63) is 54.0 Å².